The van der Waals surface area contributed by atoms with Gasteiger partial charge in [0.15, 0.2) is 0 Å². The van der Waals surface area contributed by atoms with Gasteiger partial charge in [0.05, 0.1) is 12.9 Å². The Labute approximate surface area is 154 Å². The van der Waals surface area contributed by atoms with E-state index in [4.69, 9.17) is 4.74 Å². The van der Waals surface area contributed by atoms with E-state index in [9.17, 15) is 0 Å². The zero-order valence-electron chi connectivity index (χ0n) is 16.0. The molecule has 1 nitrogen and oxygen atoms in total. The molecule has 0 saturated heterocycles. The molecule has 1 aromatic rings. The van der Waals surface area contributed by atoms with E-state index in [2.05, 4.69) is 56.5 Å². The molecule has 0 spiro atoms. The van der Waals surface area contributed by atoms with Gasteiger partial charge in [0.2, 0.25) is 0 Å². The maximum atomic E-state index is 5.92. The Hall–Kier alpha value is -1.50. The van der Waals surface area contributed by atoms with E-state index < -0.39 is 0 Å². The Balaban J connectivity index is 1.45. The minimum absolute atomic E-state index is 0.763. The average Bonchev–Trinajstić information content (AvgIpc) is 3.07. The van der Waals surface area contributed by atoms with E-state index in [0.717, 1.165) is 30.8 Å². The molecule has 0 aliphatic heterocycles. The summed E-state index contributed by atoms with van der Waals surface area (Å²) in [5.41, 5.74) is 4.53. The molecule has 0 bridgehead atoms. The van der Waals surface area contributed by atoms with Crippen molar-refractivity contribution in [1.29, 1.82) is 0 Å². The van der Waals surface area contributed by atoms with Crippen molar-refractivity contribution in [2.45, 2.75) is 65.2 Å². The molecule has 3 atom stereocenters. The molecule has 1 fully saturated rings. The van der Waals surface area contributed by atoms with Gasteiger partial charge in [-0.1, -0.05) is 48.9 Å². The molecule has 2 unspecified atom stereocenters. The summed E-state index contributed by atoms with van der Waals surface area (Å²) in [5.74, 6) is 2.49. The topological polar surface area (TPSA) is 9.23 Å². The molecule has 136 valence electrons. The van der Waals surface area contributed by atoms with E-state index in [1.54, 1.807) is 11.1 Å². The average molecular weight is 339 g/mol. The molecular weight excluding hydrogens is 304 g/mol. The molecule has 0 aromatic heterocycles. The predicted molar refractivity (Wildman–Crippen MR) is 106 cm³/mol. The van der Waals surface area contributed by atoms with Gasteiger partial charge in [-0.05, 0) is 80.8 Å². The van der Waals surface area contributed by atoms with Gasteiger partial charge in [0, 0.05) is 6.42 Å². The Morgan fingerprint density at radius 3 is 2.76 bits per heavy atom. The maximum absolute atomic E-state index is 5.92. The fourth-order valence-electron chi connectivity index (χ4n) is 4.50. The largest absolute Gasteiger partial charge is 0.501 e. The van der Waals surface area contributed by atoms with Crippen molar-refractivity contribution >= 4 is 0 Å². The minimum atomic E-state index is 0.763. The number of ether oxygens (including phenoxy) is 1. The summed E-state index contributed by atoms with van der Waals surface area (Å²) in [6, 6.07) is 10.6. The van der Waals surface area contributed by atoms with Crippen molar-refractivity contribution in [1.82, 2.24) is 0 Å². The summed E-state index contributed by atoms with van der Waals surface area (Å²) >= 11 is 0. The third-order valence-electron chi connectivity index (χ3n) is 6.27. The lowest BCUT2D eigenvalue weighted by Crippen LogP contribution is -2.17. The fourth-order valence-corrected chi connectivity index (χ4v) is 4.50. The monoisotopic (exact) mass is 338 g/mol. The van der Waals surface area contributed by atoms with Gasteiger partial charge in [-0.2, -0.15) is 0 Å². The lowest BCUT2D eigenvalue weighted by Gasteiger charge is -2.28. The summed E-state index contributed by atoms with van der Waals surface area (Å²) in [7, 11) is 0. The molecular formula is C24H34O. The first-order chi connectivity index (χ1) is 12.2. The first-order valence-corrected chi connectivity index (χ1v) is 10.2. The standard InChI is InChI=1S/C24H34O/c1-19-11-13-22(14-12-19)20(2)17-23-9-6-10-24(23)18-25-16-15-21-7-4-3-5-8-21/h3-5,7-8,11,18,20,22-23H,6,9-10,12-17H2,1-2H3/t20?,22-,23?/m0/s1. The van der Waals surface area contributed by atoms with Crippen LogP contribution in [0.3, 0.4) is 0 Å². The molecule has 1 saturated carbocycles. The van der Waals surface area contributed by atoms with Crippen LogP contribution in [0.4, 0.5) is 0 Å². The second-order valence-corrected chi connectivity index (χ2v) is 8.19. The summed E-state index contributed by atoms with van der Waals surface area (Å²) in [5, 5.41) is 0. The molecule has 0 amide bonds. The summed E-state index contributed by atoms with van der Waals surface area (Å²) in [4.78, 5) is 0. The minimum Gasteiger partial charge on any atom is -0.501 e. The molecule has 0 heterocycles. The van der Waals surface area contributed by atoms with E-state index in [0.29, 0.717) is 0 Å². The maximum Gasteiger partial charge on any atom is 0.0913 e. The highest BCUT2D eigenvalue weighted by Crippen LogP contribution is 2.39. The first kappa shape index (κ1) is 18.3. The van der Waals surface area contributed by atoms with Crippen LogP contribution in [0.15, 0.2) is 53.8 Å². The van der Waals surface area contributed by atoms with Crippen LogP contribution < -0.4 is 0 Å². The Bertz CT molecular complexity index is 583. The smallest absolute Gasteiger partial charge is 0.0913 e. The van der Waals surface area contributed by atoms with E-state index in [-0.39, 0.29) is 0 Å². The van der Waals surface area contributed by atoms with Crippen LogP contribution in [0.1, 0.15) is 64.4 Å². The van der Waals surface area contributed by atoms with Crippen LogP contribution >= 0.6 is 0 Å². The van der Waals surface area contributed by atoms with Crippen molar-refractivity contribution in [3.63, 3.8) is 0 Å². The first-order valence-electron chi connectivity index (χ1n) is 10.2. The van der Waals surface area contributed by atoms with Crippen LogP contribution in [0.2, 0.25) is 0 Å². The summed E-state index contributed by atoms with van der Waals surface area (Å²) in [6.07, 6.45) is 14.9. The van der Waals surface area contributed by atoms with Crippen molar-refractivity contribution < 1.29 is 4.74 Å². The second-order valence-electron chi connectivity index (χ2n) is 8.19. The molecule has 0 radical (unpaired) electrons. The van der Waals surface area contributed by atoms with Gasteiger partial charge in [-0.3, -0.25) is 0 Å². The lowest BCUT2D eigenvalue weighted by atomic mass is 9.77. The molecule has 1 heteroatoms. The number of hydrogen-bond donors (Lipinski definition) is 0. The zero-order chi connectivity index (χ0) is 17.5. The molecule has 0 N–H and O–H groups in total. The normalized spacial score (nSPS) is 26.5. The van der Waals surface area contributed by atoms with Gasteiger partial charge < -0.3 is 4.74 Å². The Morgan fingerprint density at radius 2 is 2.00 bits per heavy atom. The SMILES string of the molecule is CC1=CC[C@H](C(C)CC2CCCC2=COCCc2ccccc2)CC1. The van der Waals surface area contributed by atoms with Crippen molar-refractivity contribution in [3.05, 3.63) is 59.4 Å². The lowest BCUT2D eigenvalue weighted by molar-refractivity contribution is 0.242. The van der Waals surface area contributed by atoms with Crippen molar-refractivity contribution in [2.75, 3.05) is 6.61 Å². The Morgan fingerprint density at radius 1 is 1.16 bits per heavy atom. The van der Waals surface area contributed by atoms with Gasteiger partial charge >= 0.3 is 0 Å². The number of benzene rings is 1. The van der Waals surface area contributed by atoms with E-state index in [1.807, 2.05) is 0 Å². The summed E-state index contributed by atoms with van der Waals surface area (Å²) in [6.45, 7) is 5.55. The van der Waals surface area contributed by atoms with Crippen molar-refractivity contribution in [2.24, 2.45) is 17.8 Å². The number of rotatable bonds is 7. The Kier molecular flexibility index (Phi) is 6.78. The van der Waals surface area contributed by atoms with Gasteiger partial charge in [0.25, 0.3) is 0 Å². The van der Waals surface area contributed by atoms with Crippen LogP contribution in [-0.4, -0.2) is 6.61 Å². The highest BCUT2D eigenvalue weighted by molar-refractivity contribution is 5.15. The summed E-state index contributed by atoms with van der Waals surface area (Å²) < 4.78 is 5.92. The molecule has 3 rings (SSSR count). The van der Waals surface area contributed by atoms with Crippen LogP contribution in [0.5, 0.6) is 0 Å². The second kappa shape index (κ2) is 9.27. The predicted octanol–water partition coefficient (Wildman–Crippen LogP) is 6.70. The van der Waals surface area contributed by atoms with Crippen LogP contribution in [0.25, 0.3) is 0 Å². The quantitative estimate of drug-likeness (QED) is 0.305. The van der Waals surface area contributed by atoms with Crippen molar-refractivity contribution in [3.8, 4) is 0 Å². The van der Waals surface area contributed by atoms with Gasteiger partial charge in [-0.15, -0.1) is 0 Å². The highest BCUT2D eigenvalue weighted by Gasteiger charge is 2.27. The van der Waals surface area contributed by atoms with Crippen LogP contribution in [0, 0.1) is 17.8 Å². The molecule has 2 aliphatic rings. The molecule has 1 aromatic carbocycles. The van der Waals surface area contributed by atoms with E-state index in [1.165, 1.54) is 50.5 Å². The fraction of sp³-hybridized carbons (Fsp3) is 0.583. The number of hydrogen-bond acceptors (Lipinski definition) is 1. The zero-order valence-corrected chi connectivity index (χ0v) is 16.0. The third-order valence-corrected chi connectivity index (χ3v) is 6.27. The number of allylic oxidation sites excluding steroid dienone is 3. The third kappa shape index (κ3) is 5.49. The highest BCUT2D eigenvalue weighted by atomic mass is 16.5. The van der Waals surface area contributed by atoms with Crippen LogP contribution in [-0.2, 0) is 11.2 Å². The van der Waals surface area contributed by atoms with E-state index >= 15 is 0 Å². The molecule has 25 heavy (non-hydrogen) atoms. The molecule has 2 aliphatic carbocycles. The van der Waals surface area contributed by atoms with Gasteiger partial charge in [0.1, 0.15) is 0 Å². The van der Waals surface area contributed by atoms with Gasteiger partial charge in [-0.25, -0.2) is 0 Å².